The van der Waals surface area contributed by atoms with E-state index in [-0.39, 0.29) is 18.1 Å². The summed E-state index contributed by atoms with van der Waals surface area (Å²) in [5.74, 6) is -0.432. The molecule has 0 saturated carbocycles. The van der Waals surface area contributed by atoms with E-state index in [1.165, 1.54) is 0 Å². The molecule has 33 heavy (non-hydrogen) atoms. The third-order valence-electron chi connectivity index (χ3n) is 4.87. The average Bonchev–Trinajstić information content (AvgIpc) is 3.19. The van der Waals surface area contributed by atoms with Crippen LogP contribution in [0.25, 0.3) is 0 Å². The second kappa shape index (κ2) is 12.4. The molecule has 1 aromatic heterocycles. The van der Waals surface area contributed by atoms with Gasteiger partial charge in [-0.25, -0.2) is 0 Å². The Bertz CT molecular complexity index is 1000. The number of carbonyl (C=O) groups is 2. The van der Waals surface area contributed by atoms with Crippen LogP contribution in [0.4, 0.5) is 11.4 Å². The zero-order valence-electron chi connectivity index (χ0n) is 19.6. The third kappa shape index (κ3) is 6.66. The molecule has 2 amide bonds. The van der Waals surface area contributed by atoms with Crippen molar-refractivity contribution in [3.63, 3.8) is 0 Å². The molecule has 2 aromatic rings. The molecule has 0 radical (unpaired) electrons. The quantitative estimate of drug-likeness (QED) is 0.173. The highest BCUT2D eigenvalue weighted by Gasteiger charge is 2.21. The highest BCUT2D eigenvalue weighted by molar-refractivity contribution is 5.97. The van der Waals surface area contributed by atoms with Gasteiger partial charge in [0.1, 0.15) is 17.1 Å². The Morgan fingerprint density at radius 3 is 2.73 bits per heavy atom. The maximum absolute atomic E-state index is 12.8. The van der Waals surface area contributed by atoms with Gasteiger partial charge in [-0.05, 0) is 58.8 Å². The molecular formula is C23H33N7O3. The fraction of sp³-hybridized carbons (Fsp3) is 0.391. The summed E-state index contributed by atoms with van der Waals surface area (Å²) in [5, 5.41) is 10.3. The second-order valence-corrected chi connectivity index (χ2v) is 7.33. The van der Waals surface area contributed by atoms with E-state index in [1.807, 2.05) is 25.8 Å². The SMILES string of the molecule is C=CCN(CNC(=O)c1cc(C)nn1CC)c1c(N=C)cc(C(N)=O)cc1OCCCNC. The van der Waals surface area contributed by atoms with Crippen LogP contribution in [0.5, 0.6) is 5.75 Å². The number of benzene rings is 1. The van der Waals surface area contributed by atoms with Crippen molar-refractivity contribution in [3.8, 4) is 5.75 Å². The van der Waals surface area contributed by atoms with Crippen molar-refractivity contribution in [3.05, 3.63) is 47.8 Å². The van der Waals surface area contributed by atoms with Gasteiger partial charge in [0, 0.05) is 18.7 Å². The minimum Gasteiger partial charge on any atom is -0.491 e. The molecular weight excluding hydrogens is 422 g/mol. The van der Waals surface area contributed by atoms with Crippen LogP contribution in [0.2, 0.25) is 0 Å². The normalized spacial score (nSPS) is 10.5. The van der Waals surface area contributed by atoms with Gasteiger partial charge in [0.25, 0.3) is 5.91 Å². The molecule has 0 atom stereocenters. The van der Waals surface area contributed by atoms with Gasteiger partial charge in [0.05, 0.1) is 24.7 Å². The number of ether oxygens (including phenoxy) is 1. The number of aromatic nitrogens is 2. The Morgan fingerprint density at radius 1 is 1.36 bits per heavy atom. The summed E-state index contributed by atoms with van der Waals surface area (Å²) in [4.78, 5) is 30.6. The van der Waals surface area contributed by atoms with Crippen molar-refractivity contribution in [2.75, 3.05) is 38.3 Å². The lowest BCUT2D eigenvalue weighted by atomic mass is 10.1. The van der Waals surface area contributed by atoms with E-state index in [0.29, 0.717) is 42.5 Å². The van der Waals surface area contributed by atoms with E-state index < -0.39 is 5.91 Å². The average molecular weight is 456 g/mol. The van der Waals surface area contributed by atoms with E-state index in [4.69, 9.17) is 10.5 Å². The maximum atomic E-state index is 12.8. The number of aliphatic imine (C=N–C) groups is 1. The van der Waals surface area contributed by atoms with E-state index in [0.717, 1.165) is 18.7 Å². The fourth-order valence-electron chi connectivity index (χ4n) is 3.33. The van der Waals surface area contributed by atoms with Crippen molar-refractivity contribution in [2.45, 2.75) is 26.8 Å². The molecule has 10 heteroatoms. The number of anilines is 1. The van der Waals surface area contributed by atoms with E-state index in [1.54, 1.807) is 29.0 Å². The van der Waals surface area contributed by atoms with Crippen LogP contribution in [-0.2, 0) is 6.54 Å². The minimum atomic E-state index is -0.599. The number of carbonyl (C=O) groups excluding carboxylic acids is 2. The zero-order valence-corrected chi connectivity index (χ0v) is 19.6. The maximum Gasteiger partial charge on any atom is 0.270 e. The van der Waals surface area contributed by atoms with Crippen LogP contribution < -0.4 is 26.0 Å². The van der Waals surface area contributed by atoms with Gasteiger partial charge >= 0.3 is 0 Å². The van der Waals surface area contributed by atoms with Gasteiger partial charge in [0.15, 0.2) is 0 Å². The van der Waals surface area contributed by atoms with E-state index in [2.05, 4.69) is 34.0 Å². The van der Waals surface area contributed by atoms with E-state index in [9.17, 15) is 9.59 Å². The molecule has 10 nitrogen and oxygen atoms in total. The third-order valence-corrected chi connectivity index (χ3v) is 4.87. The van der Waals surface area contributed by atoms with Gasteiger partial charge in [0.2, 0.25) is 5.91 Å². The number of hydrogen-bond donors (Lipinski definition) is 3. The minimum absolute atomic E-state index is 0.143. The van der Waals surface area contributed by atoms with Crippen molar-refractivity contribution >= 4 is 29.9 Å². The fourth-order valence-corrected chi connectivity index (χ4v) is 3.33. The smallest absolute Gasteiger partial charge is 0.270 e. The van der Waals surface area contributed by atoms with Crippen molar-refractivity contribution in [1.29, 1.82) is 0 Å². The standard InChI is InChI=1S/C23H33N7O3/c1-6-10-29(15-27-23(32)19-12-16(3)28-30(19)7-2)21-18(26-5)13-17(22(24)31)14-20(21)33-11-8-9-25-4/h6,12-14,25H,1,5,7-11,15H2,2-4H3,(H2,24,31)(H,27,32). The number of rotatable bonds is 14. The summed E-state index contributed by atoms with van der Waals surface area (Å²) in [5.41, 5.74) is 8.00. The highest BCUT2D eigenvalue weighted by Crippen LogP contribution is 2.39. The summed E-state index contributed by atoms with van der Waals surface area (Å²) < 4.78 is 7.64. The number of amides is 2. The van der Waals surface area contributed by atoms with Crippen LogP contribution in [0, 0.1) is 6.92 Å². The molecule has 0 aliphatic carbocycles. The molecule has 0 aliphatic heterocycles. The summed E-state index contributed by atoms with van der Waals surface area (Å²) in [6, 6.07) is 4.88. The first kappa shape index (κ1) is 25.6. The monoisotopic (exact) mass is 455 g/mol. The predicted octanol–water partition coefficient (Wildman–Crippen LogP) is 2.01. The largest absolute Gasteiger partial charge is 0.491 e. The molecule has 0 spiro atoms. The molecule has 178 valence electrons. The van der Waals surface area contributed by atoms with Crippen molar-refractivity contribution in [2.24, 2.45) is 10.7 Å². The summed E-state index contributed by atoms with van der Waals surface area (Å²) in [7, 11) is 1.86. The lowest BCUT2D eigenvalue weighted by molar-refractivity contribution is 0.0942. The zero-order chi connectivity index (χ0) is 24.4. The first-order valence-electron chi connectivity index (χ1n) is 10.8. The van der Waals surface area contributed by atoms with Crippen LogP contribution in [-0.4, -0.2) is 61.7 Å². The van der Waals surface area contributed by atoms with Crippen LogP contribution in [0.15, 0.2) is 35.8 Å². The molecule has 0 unspecified atom stereocenters. The van der Waals surface area contributed by atoms with Gasteiger partial charge in [-0.3, -0.25) is 19.3 Å². The topological polar surface area (TPSA) is 127 Å². The summed E-state index contributed by atoms with van der Waals surface area (Å²) in [6.07, 6.45) is 2.46. The summed E-state index contributed by atoms with van der Waals surface area (Å²) in [6.45, 7) is 13.5. The van der Waals surface area contributed by atoms with Crippen LogP contribution >= 0.6 is 0 Å². The Balaban J connectivity index is 2.37. The Hall–Kier alpha value is -3.66. The first-order chi connectivity index (χ1) is 15.9. The number of aryl methyl sites for hydroxylation is 2. The van der Waals surface area contributed by atoms with Gasteiger partial charge < -0.3 is 26.0 Å². The van der Waals surface area contributed by atoms with Gasteiger partial charge in [-0.2, -0.15) is 5.10 Å². The molecule has 0 fully saturated rings. The molecule has 0 aliphatic rings. The number of nitrogens with one attached hydrogen (secondary N) is 2. The summed E-state index contributed by atoms with van der Waals surface area (Å²) >= 11 is 0. The molecule has 4 N–H and O–H groups in total. The van der Waals surface area contributed by atoms with Crippen molar-refractivity contribution < 1.29 is 14.3 Å². The Kier molecular flexibility index (Phi) is 9.62. The highest BCUT2D eigenvalue weighted by atomic mass is 16.5. The Labute approximate surface area is 194 Å². The molecule has 0 bridgehead atoms. The van der Waals surface area contributed by atoms with Gasteiger partial charge in [-0.15, -0.1) is 6.58 Å². The molecule has 1 aromatic carbocycles. The molecule has 1 heterocycles. The number of nitrogens with zero attached hydrogens (tertiary/aromatic N) is 4. The van der Waals surface area contributed by atoms with Crippen LogP contribution in [0.3, 0.4) is 0 Å². The van der Waals surface area contributed by atoms with Gasteiger partial charge in [-0.1, -0.05) is 6.08 Å². The lowest BCUT2D eigenvalue weighted by Gasteiger charge is -2.27. The molecule has 0 saturated heterocycles. The van der Waals surface area contributed by atoms with E-state index >= 15 is 0 Å². The number of nitrogens with two attached hydrogens (primary N) is 1. The molecule has 2 rings (SSSR count). The number of primary amides is 1. The number of hydrogen-bond acceptors (Lipinski definition) is 7. The first-order valence-corrected chi connectivity index (χ1v) is 10.8. The lowest BCUT2D eigenvalue weighted by Crippen LogP contribution is -2.39. The second-order valence-electron chi connectivity index (χ2n) is 7.33. The van der Waals surface area contributed by atoms with Crippen LogP contribution in [0.1, 0.15) is 39.9 Å². The Morgan fingerprint density at radius 2 is 2.12 bits per heavy atom. The predicted molar refractivity (Wildman–Crippen MR) is 131 cm³/mol. The van der Waals surface area contributed by atoms with Crippen molar-refractivity contribution in [1.82, 2.24) is 20.4 Å².